The van der Waals surface area contributed by atoms with Crippen LogP contribution >= 0.6 is 0 Å². The topological polar surface area (TPSA) is 84.6 Å². The molecule has 16 heavy (non-hydrogen) atoms. The molecule has 1 unspecified atom stereocenters. The van der Waals surface area contributed by atoms with Gasteiger partial charge in [0.25, 0.3) is 0 Å². The minimum Gasteiger partial charge on any atom is -0.391 e. The Morgan fingerprint density at radius 3 is 2.88 bits per heavy atom. The van der Waals surface area contributed by atoms with Crippen LogP contribution in [-0.2, 0) is 9.53 Å². The second-order valence-corrected chi connectivity index (χ2v) is 4.35. The maximum atomic E-state index is 11.7. The number of amides is 1. The van der Waals surface area contributed by atoms with Crippen LogP contribution in [0.1, 0.15) is 32.1 Å². The highest BCUT2D eigenvalue weighted by Gasteiger charge is 2.26. The molecule has 0 aliphatic heterocycles. The van der Waals surface area contributed by atoms with Crippen LogP contribution < -0.4 is 11.1 Å². The Morgan fingerprint density at radius 2 is 2.25 bits per heavy atom. The number of aliphatic hydroxyl groups excluding tert-OH is 1. The average Bonchev–Trinajstić information content (AvgIpc) is 2.28. The second kappa shape index (κ2) is 6.83. The third-order valence-electron chi connectivity index (χ3n) is 3.03. The van der Waals surface area contributed by atoms with Gasteiger partial charge in [-0.2, -0.15) is 0 Å². The van der Waals surface area contributed by atoms with Crippen molar-refractivity contribution < 1.29 is 14.6 Å². The summed E-state index contributed by atoms with van der Waals surface area (Å²) in [6.07, 6.45) is 3.76. The van der Waals surface area contributed by atoms with Gasteiger partial charge in [-0.15, -0.1) is 0 Å². The van der Waals surface area contributed by atoms with Crippen molar-refractivity contribution in [1.29, 1.82) is 0 Å². The van der Waals surface area contributed by atoms with E-state index in [-0.39, 0.29) is 11.9 Å². The van der Waals surface area contributed by atoms with Crippen LogP contribution in [0.4, 0.5) is 0 Å². The van der Waals surface area contributed by atoms with Gasteiger partial charge in [0, 0.05) is 13.7 Å². The molecule has 0 radical (unpaired) electrons. The van der Waals surface area contributed by atoms with E-state index in [1.54, 1.807) is 7.11 Å². The Balaban J connectivity index is 2.31. The highest BCUT2D eigenvalue weighted by Crippen LogP contribution is 2.18. The molecule has 0 saturated heterocycles. The van der Waals surface area contributed by atoms with E-state index in [9.17, 15) is 9.90 Å². The number of hydrogen-bond donors (Lipinski definition) is 3. The zero-order chi connectivity index (χ0) is 12.0. The molecule has 1 aliphatic carbocycles. The van der Waals surface area contributed by atoms with E-state index >= 15 is 0 Å². The first-order valence-electron chi connectivity index (χ1n) is 5.88. The van der Waals surface area contributed by atoms with E-state index in [0.29, 0.717) is 13.0 Å². The standard InChI is InChI=1S/C11H22N2O3/c1-16-7-6-8(12)11(15)13-9-4-2-3-5-10(9)14/h8-10,14H,2-7,12H2,1H3,(H,13,15)/t8?,9-,10-/m1/s1. The van der Waals surface area contributed by atoms with E-state index in [1.807, 2.05) is 0 Å². The van der Waals surface area contributed by atoms with Gasteiger partial charge >= 0.3 is 0 Å². The lowest BCUT2D eigenvalue weighted by Gasteiger charge is -2.29. The van der Waals surface area contributed by atoms with Gasteiger partial charge in [0.2, 0.25) is 5.91 Å². The lowest BCUT2D eigenvalue weighted by molar-refractivity contribution is -0.124. The predicted molar refractivity (Wildman–Crippen MR) is 60.9 cm³/mol. The van der Waals surface area contributed by atoms with E-state index in [0.717, 1.165) is 25.7 Å². The number of hydrogen-bond acceptors (Lipinski definition) is 4. The van der Waals surface area contributed by atoms with Gasteiger partial charge in [-0.1, -0.05) is 12.8 Å². The average molecular weight is 230 g/mol. The predicted octanol–water partition coefficient (Wildman–Crippen LogP) is -0.230. The number of carbonyl (C=O) groups is 1. The number of ether oxygens (including phenoxy) is 1. The molecule has 1 aliphatic rings. The molecule has 5 heteroatoms. The Labute approximate surface area is 96.3 Å². The lowest BCUT2D eigenvalue weighted by Crippen LogP contribution is -2.51. The summed E-state index contributed by atoms with van der Waals surface area (Å²) >= 11 is 0. The smallest absolute Gasteiger partial charge is 0.237 e. The van der Waals surface area contributed by atoms with Gasteiger partial charge in [-0.05, 0) is 19.3 Å². The molecule has 0 spiro atoms. The molecule has 0 aromatic rings. The Bertz CT molecular complexity index is 223. The molecule has 0 heterocycles. The molecular weight excluding hydrogens is 208 g/mol. The van der Waals surface area contributed by atoms with Crippen LogP contribution in [0.2, 0.25) is 0 Å². The molecule has 1 saturated carbocycles. The van der Waals surface area contributed by atoms with Crippen molar-refractivity contribution in [3.63, 3.8) is 0 Å². The summed E-state index contributed by atoms with van der Waals surface area (Å²) < 4.78 is 4.86. The highest BCUT2D eigenvalue weighted by atomic mass is 16.5. The van der Waals surface area contributed by atoms with Crippen molar-refractivity contribution in [2.75, 3.05) is 13.7 Å². The highest BCUT2D eigenvalue weighted by molar-refractivity contribution is 5.81. The van der Waals surface area contributed by atoms with Crippen molar-refractivity contribution in [3.8, 4) is 0 Å². The third kappa shape index (κ3) is 4.08. The van der Waals surface area contributed by atoms with Crippen LogP contribution in [0.15, 0.2) is 0 Å². The molecule has 0 aromatic carbocycles. The summed E-state index contributed by atoms with van der Waals surface area (Å²) in [4.78, 5) is 11.7. The van der Waals surface area contributed by atoms with Gasteiger partial charge in [0.15, 0.2) is 0 Å². The molecule has 5 nitrogen and oxygen atoms in total. The molecule has 0 bridgehead atoms. The van der Waals surface area contributed by atoms with Gasteiger partial charge in [0.05, 0.1) is 18.2 Å². The lowest BCUT2D eigenvalue weighted by atomic mass is 9.92. The van der Waals surface area contributed by atoms with Crippen LogP contribution in [0.5, 0.6) is 0 Å². The molecule has 3 atom stereocenters. The van der Waals surface area contributed by atoms with Gasteiger partial charge < -0.3 is 20.9 Å². The monoisotopic (exact) mass is 230 g/mol. The maximum Gasteiger partial charge on any atom is 0.237 e. The maximum absolute atomic E-state index is 11.7. The van der Waals surface area contributed by atoms with Crippen LogP contribution in [0.3, 0.4) is 0 Å². The summed E-state index contributed by atoms with van der Waals surface area (Å²) in [7, 11) is 1.58. The van der Waals surface area contributed by atoms with Gasteiger partial charge in [-0.25, -0.2) is 0 Å². The fourth-order valence-corrected chi connectivity index (χ4v) is 1.95. The fraction of sp³-hybridized carbons (Fsp3) is 0.909. The van der Waals surface area contributed by atoms with E-state index in [4.69, 9.17) is 10.5 Å². The summed E-state index contributed by atoms with van der Waals surface area (Å²) in [5, 5.41) is 12.5. The number of carbonyl (C=O) groups excluding carboxylic acids is 1. The quantitative estimate of drug-likeness (QED) is 0.609. The summed E-state index contributed by atoms with van der Waals surface area (Å²) in [5.41, 5.74) is 5.69. The van der Waals surface area contributed by atoms with E-state index in [2.05, 4.69) is 5.32 Å². The normalized spacial score (nSPS) is 27.4. The van der Waals surface area contributed by atoms with E-state index < -0.39 is 12.1 Å². The summed E-state index contributed by atoms with van der Waals surface area (Å²) in [6.45, 7) is 0.474. The van der Waals surface area contributed by atoms with Crippen molar-refractivity contribution in [2.45, 2.75) is 50.3 Å². The number of nitrogens with one attached hydrogen (secondary N) is 1. The van der Waals surface area contributed by atoms with Gasteiger partial charge in [0.1, 0.15) is 0 Å². The van der Waals surface area contributed by atoms with E-state index in [1.165, 1.54) is 0 Å². The van der Waals surface area contributed by atoms with Crippen LogP contribution in [-0.4, -0.2) is 42.9 Å². The Kier molecular flexibility index (Phi) is 5.73. The zero-order valence-corrected chi connectivity index (χ0v) is 9.82. The molecule has 94 valence electrons. The van der Waals surface area contributed by atoms with Crippen molar-refractivity contribution in [2.24, 2.45) is 5.73 Å². The largest absolute Gasteiger partial charge is 0.391 e. The first kappa shape index (κ1) is 13.4. The first-order valence-corrected chi connectivity index (χ1v) is 5.88. The molecular formula is C11H22N2O3. The summed E-state index contributed by atoms with van der Waals surface area (Å²) in [5.74, 6) is -0.192. The van der Waals surface area contributed by atoms with Crippen molar-refractivity contribution in [3.05, 3.63) is 0 Å². The number of nitrogens with two attached hydrogens (primary N) is 1. The number of aliphatic hydroxyl groups is 1. The summed E-state index contributed by atoms with van der Waals surface area (Å²) in [6, 6.07) is -0.677. The molecule has 1 fully saturated rings. The Hall–Kier alpha value is -0.650. The molecule has 1 amide bonds. The van der Waals surface area contributed by atoms with Gasteiger partial charge in [-0.3, -0.25) is 4.79 Å². The third-order valence-corrected chi connectivity index (χ3v) is 3.03. The molecule has 1 rings (SSSR count). The SMILES string of the molecule is COCCC(N)C(=O)N[C@@H]1CCCC[C@H]1O. The molecule has 0 aromatic heterocycles. The van der Waals surface area contributed by atoms with Crippen molar-refractivity contribution >= 4 is 5.91 Å². The second-order valence-electron chi connectivity index (χ2n) is 4.35. The zero-order valence-electron chi connectivity index (χ0n) is 9.82. The van der Waals surface area contributed by atoms with Crippen LogP contribution in [0, 0.1) is 0 Å². The minimum atomic E-state index is -0.547. The first-order chi connectivity index (χ1) is 7.65. The van der Waals surface area contributed by atoms with Crippen LogP contribution in [0.25, 0.3) is 0 Å². The fourth-order valence-electron chi connectivity index (χ4n) is 1.95. The number of rotatable bonds is 5. The molecule has 4 N–H and O–H groups in total. The van der Waals surface area contributed by atoms with Crippen molar-refractivity contribution in [1.82, 2.24) is 5.32 Å². The number of methoxy groups -OCH3 is 1. The minimum absolute atomic E-state index is 0.130. The Morgan fingerprint density at radius 1 is 1.56 bits per heavy atom.